The highest BCUT2D eigenvalue weighted by molar-refractivity contribution is 7.17. The van der Waals surface area contributed by atoms with Gasteiger partial charge in [0.15, 0.2) is 6.10 Å². The van der Waals surface area contributed by atoms with Crippen LogP contribution in [0.5, 0.6) is 0 Å². The van der Waals surface area contributed by atoms with Gasteiger partial charge in [-0.05, 0) is 63.6 Å². The third-order valence-electron chi connectivity index (χ3n) is 4.91. The van der Waals surface area contributed by atoms with E-state index in [1.54, 1.807) is 19.1 Å². The number of thiophene rings is 1. The highest BCUT2D eigenvalue weighted by Gasteiger charge is 2.29. The number of ether oxygens (including phenoxy) is 2. The molecule has 0 unspecified atom stereocenters. The van der Waals surface area contributed by atoms with Crippen LogP contribution in [0.3, 0.4) is 0 Å². The third-order valence-corrected chi connectivity index (χ3v) is 6.11. The average molecular weight is 416 g/mol. The van der Waals surface area contributed by atoms with Gasteiger partial charge in [-0.15, -0.1) is 11.3 Å². The monoisotopic (exact) mass is 415 g/mol. The van der Waals surface area contributed by atoms with Crippen molar-refractivity contribution in [1.29, 1.82) is 0 Å². The Hall–Kier alpha value is -2.67. The predicted octanol–water partition coefficient (Wildman–Crippen LogP) is 4.30. The fourth-order valence-corrected chi connectivity index (χ4v) is 4.65. The van der Waals surface area contributed by atoms with Crippen LogP contribution in [0.2, 0.25) is 0 Å². The van der Waals surface area contributed by atoms with Crippen molar-refractivity contribution in [3.63, 3.8) is 0 Å². The molecule has 1 aliphatic carbocycles. The van der Waals surface area contributed by atoms with Crippen LogP contribution in [0, 0.1) is 6.92 Å². The molecule has 1 amide bonds. The van der Waals surface area contributed by atoms with Crippen LogP contribution in [0.1, 0.15) is 63.4 Å². The number of nitrogens with one attached hydrogen (secondary N) is 1. The van der Waals surface area contributed by atoms with Crippen LogP contribution in [-0.2, 0) is 27.1 Å². The molecule has 0 spiro atoms. The number of carbonyl (C=O) groups excluding carboxylic acids is 3. The van der Waals surface area contributed by atoms with Crippen molar-refractivity contribution >= 4 is 34.2 Å². The van der Waals surface area contributed by atoms with Crippen LogP contribution in [0.25, 0.3) is 0 Å². The van der Waals surface area contributed by atoms with Gasteiger partial charge in [-0.25, -0.2) is 9.59 Å². The van der Waals surface area contributed by atoms with E-state index in [2.05, 4.69) is 5.32 Å². The third kappa shape index (κ3) is 4.67. The normalized spacial score (nSPS) is 13.9. The molecule has 0 saturated heterocycles. The Morgan fingerprint density at radius 1 is 1.14 bits per heavy atom. The fourth-order valence-electron chi connectivity index (χ4n) is 3.37. The quantitative estimate of drug-likeness (QED) is 0.712. The summed E-state index contributed by atoms with van der Waals surface area (Å²) in [6.07, 6.45) is 2.76. The summed E-state index contributed by atoms with van der Waals surface area (Å²) in [6, 6.07) is 7.05. The van der Waals surface area contributed by atoms with Crippen molar-refractivity contribution in [3.8, 4) is 0 Å². The molecule has 1 aromatic carbocycles. The fraction of sp³-hybridized carbons (Fsp3) is 0.409. The van der Waals surface area contributed by atoms with Gasteiger partial charge in [-0.1, -0.05) is 18.2 Å². The number of rotatable bonds is 6. The Morgan fingerprint density at radius 2 is 1.86 bits per heavy atom. The van der Waals surface area contributed by atoms with E-state index in [0.29, 0.717) is 16.1 Å². The molecule has 0 aliphatic heterocycles. The van der Waals surface area contributed by atoms with Gasteiger partial charge in [0.2, 0.25) is 0 Å². The molecule has 7 heteroatoms. The molecular weight excluding hydrogens is 390 g/mol. The molecule has 6 nitrogen and oxygen atoms in total. The van der Waals surface area contributed by atoms with Crippen LogP contribution in [-0.4, -0.2) is 30.6 Å². The Labute approximate surface area is 174 Å². The lowest BCUT2D eigenvalue weighted by Crippen LogP contribution is -2.30. The maximum Gasteiger partial charge on any atom is 0.341 e. The molecule has 0 saturated carbocycles. The zero-order valence-electron chi connectivity index (χ0n) is 16.9. The highest BCUT2D eigenvalue weighted by Crippen LogP contribution is 2.38. The summed E-state index contributed by atoms with van der Waals surface area (Å²) in [5, 5.41) is 3.25. The first-order chi connectivity index (χ1) is 13.9. The molecule has 0 fully saturated rings. The number of fused-ring (bicyclic) bond motifs is 1. The molecule has 3 rings (SSSR count). The number of anilines is 1. The Bertz CT molecular complexity index is 933. The number of esters is 2. The summed E-state index contributed by atoms with van der Waals surface area (Å²) in [5.74, 6) is -1.45. The molecule has 154 valence electrons. The summed E-state index contributed by atoms with van der Waals surface area (Å²) < 4.78 is 10.5. The first-order valence-electron chi connectivity index (χ1n) is 9.81. The molecule has 0 bridgehead atoms. The van der Waals surface area contributed by atoms with Crippen LogP contribution >= 0.6 is 11.3 Å². The van der Waals surface area contributed by atoms with E-state index in [9.17, 15) is 14.4 Å². The second-order valence-corrected chi connectivity index (χ2v) is 8.09. The van der Waals surface area contributed by atoms with Gasteiger partial charge >= 0.3 is 11.9 Å². The Balaban J connectivity index is 1.76. The molecule has 2 aromatic rings. The number of benzene rings is 1. The minimum Gasteiger partial charge on any atom is -0.462 e. The average Bonchev–Trinajstić information content (AvgIpc) is 3.06. The van der Waals surface area contributed by atoms with Gasteiger partial charge in [0.05, 0.1) is 17.7 Å². The molecule has 1 heterocycles. The van der Waals surface area contributed by atoms with Crippen molar-refractivity contribution in [2.24, 2.45) is 0 Å². The summed E-state index contributed by atoms with van der Waals surface area (Å²) in [7, 11) is 0. The van der Waals surface area contributed by atoms with Crippen molar-refractivity contribution in [1.82, 2.24) is 0 Å². The van der Waals surface area contributed by atoms with Gasteiger partial charge in [0.25, 0.3) is 5.91 Å². The lowest BCUT2D eigenvalue weighted by molar-refractivity contribution is -0.123. The second kappa shape index (κ2) is 9.22. The molecule has 29 heavy (non-hydrogen) atoms. The topological polar surface area (TPSA) is 81.7 Å². The SMILES string of the molecule is CCOC(=O)c1c(NC(=O)[C@H](C)OC(=O)c2ccccc2C)sc2c1CCCC2. The maximum atomic E-state index is 12.7. The number of hydrogen-bond acceptors (Lipinski definition) is 6. The maximum absolute atomic E-state index is 12.7. The van der Waals surface area contributed by atoms with Gasteiger partial charge < -0.3 is 14.8 Å². The first kappa shape index (κ1) is 21.0. The van der Waals surface area contributed by atoms with Gasteiger partial charge in [0.1, 0.15) is 5.00 Å². The number of amides is 1. The number of hydrogen-bond donors (Lipinski definition) is 1. The molecule has 0 radical (unpaired) electrons. The second-order valence-electron chi connectivity index (χ2n) is 6.99. The van der Waals surface area contributed by atoms with E-state index in [0.717, 1.165) is 41.7 Å². The van der Waals surface area contributed by atoms with Crippen LogP contribution in [0.4, 0.5) is 5.00 Å². The Morgan fingerprint density at radius 3 is 2.59 bits per heavy atom. The van der Waals surface area contributed by atoms with Gasteiger partial charge in [-0.3, -0.25) is 4.79 Å². The van der Waals surface area contributed by atoms with E-state index in [1.165, 1.54) is 18.3 Å². The molecular formula is C22H25NO5S. The summed E-state index contributed by atoms with van der Waals surface area (Å²) in [4.78, 5) is 38.7. The van der Waals surface area contributed by atoms with E-state index in [1.807, 2.05) is 19.1 Å². The smallest absolute Gasteiger partial charge is 0.341 e. The predicted molar refractivity (Wildman–Crippen MR) is 112 cm³/mol. The van der Waals surface area contributed by atoms with E-state index in [4.69, 9.17) is 9.47 Å². The van der Waals surface area contributed by atoms with Gasteiger partial charge in [-0.2, -0.15) is 0 Å². The van der Waals surface area contributed by atoms with Crippen molar-refractivity contribution < 1.29 is 23.9 Å². The van der Waals surface area contributed by atoms with E-state index < -0.39 is 23.9 Å². The number of aryl methyl sites for hydroxylation is 2. The lowest BCUT2D eigenvalue weighted by atomic mass is 9.95. The van der Waals surface area contributed by atoms with Crippen molar-refractivity contribution in [3.05, 3.63) is 51.4 Å². The minimum absolute atomic E-state index is 0.265. The summed E-state index contributed by atoms with van der Waals surface area (Å²) >= 11 is 1.41. The highest BCUT2D eigenvalue weighted by atomic mass is 32.1. The van der Waals surface area contributed by atoms with E-state index >= 15 is 0 Å². The first-order valence-corrected chi connectivity index (χ1v) is 10.6. The lowest BCUT2D eigenvalue weighted by Gasteiger charge is -2.15. The zero-order chi connectivity index (χ0) is 21.0. The number of carbonyl (C=O) groups is 3. The van der Waals surface area contributed by atoms with Crippen LogP contribution < -0.4 is 5.32 Å². The van der Waals surface area contributed by atoms with Gasteiger partial charge in [0, 0.05) is 4.88 Å². The van der Waals surface area contributed by atoms with Crippen molar-refractivity contribution in [2.75, 3.05) is 11.9 Å². The van der Waals surface area contributed by atoms with Crippen LogP contribution in [0.15, 0.2) is 24.3 Å². The summed E-state index contributed by atoms with van der Waals surface area (Å²) in [5.41, 5.74) is 2.61. The van der Waals surface area contributed by atoms with Crippen molar-refractivity contribution in [2.45, 2.75) is 52.6 Å². The molecule has 1 atom stereocenters. The zero-order valence-corrected chi connectivity index (χ0v) is 17.7. The molecule has 1 aromatic heterocycles. The molecule has 1 aliphatic rings. The standard InChI is InChI=1S/C22H25NO5S/c1-4-27-22(26)18-16-11-7-8-12-17(16)29-20(18)23-19(24)14(3)28-21(25)15-10-6-5-9-13(15)2/h5-6,9-10,14H,4,7-8,11-12H2,1-3H3,(H,23,24)/t14-/m0/s1. The van der Waals surface area contributed by atoms with E-state index in [-0.39, 0.29) is 6.61 Å². The molecule has 1 N–H and O–H groups in total. The summed E-state index contributed by atoms with van der Waals surface area (Å²) in [6.45, 7) is 5.34. The largest absolute Gasteiger partial charge is 0.462 e. The minimum atomic E-state index is -1.00. The Kier molecular flexibility index (Phi) is 6.69.